The number of nitrogens with one attached hydrogen (secondary N) is 1. The van der Waals surface area contributed by atoms with Crippen LogP contribution >= 0.6 is 0 Å². The van der Waals surface area contributed by atoms with Gasteiger partial charge in [0.25, 0.3) is 0 Å². The Bertz CT molecular complexity index is 842. The molecule has 1 aliphatic rings. The van der Waals surface area contributed by atoms with E-state index >= 15 is 0 Å². The molecule has 0 bridgehead atoms. The second-order valence-electron chi connectivity index (χ2n) is 5.28. The van der Waals surface area contributed by atoms with Gasteiger partial charge in [-0.1, -0.05) is 12.1 Å². The second-order valence-corrected chi connectivity index (χ2v) is 5.28. The molecule has 0 unspecified atom stereocenters. The molecule has 0 spiro atoms. The number of nitrogens with zero attached hydrogens (tertiary/aromatic N) is 1. The monoisotopic (exact) mass is 342 g/mol. The molecule has 24 heavy (non-hydrogen) atoms. The number of hydrogen-bond acceptors (Lipinski definition) is 2. The van der Waals surface area contributed by atoms with Crippen molar-refractivity contribution in [2.75, 3.05) is 5.32 Å². The maximum absolute atomic E-state index is 14.0. The highest BCUT2D eigenvalue weighted by Gasteiger charge is 2.48. The van der Waals surface area contributed by atoms with Gasteiger partial charge in [0, 0.05) is 12.6 Å². The lowest BCUT2D eigenvalue weighted by atomic mass is 9.94. The number of halogens is 4. The third kappa shape index (κ3) is 2.51. The van der Waals surface area contributed by atoms with Crippen molar-refractivity contribution in [3.63, 3.8) is 0 Å². The zero-order chi connectivity index (χ0) is 17.6. The molecule has 1 aromatic carbocycles. The van der Waals surface area contributed by atoms with E-state index in [4.69, 9.17) is 0 Å². The summed E-state index contributed by atoms with van der Waals surface area (Å²) in [4.78, 5) is 22.9. The van der Waals surface area contributed by atoms with Crippen LogP contribution in [0.25, 0.3) is 5.69 Å². The van der Waals surface area contributed by atoms with Crippen molar-refractivity contribution in [1.82, 2.24) is 4.57 Å². The van der Waals surface area contributed by atoms with E-state index in [-0.39, 0.29) is 5.69 Å². The summed E-state index contributed by atoms with van der Waals surface area (Å²) in [5.74, 6) is -5.51. The van der Waals surface area contributed by atoms with Crippen LogP contribution in [-0.2, 0) is 4.79 Å². The second kappa shape index (κ2) is 5.36. The summed E-state index contributed by atoms with van der Waals surface area (Å²) in [6, 6.07) is 5.04. The number of carbonyl (C=O) groups is 2. The summed E-state index contributed by atoms with van der Waals surface area (Å²) in [7, 11) is 0. The molecule has 1 amide bonds. The van der Waals surface area contributed by atoms with Gasteiger partial charge in [-0.2, -0.15) is 13.2 Å². The lowest BCUT2D eigenvalue weighted by Gasteiger charge is -2.27. The van der Waals surface area contributed by atoms with Gasteiger partial charge in [-0.3, -0.25) is 4.79 Å². The van der Waals surface area contributed by atoms with Crippen molar-refractivity contribution >= 4 is 17.6 Å². The first-order valence-electron chi connectivity index (χ1n) is 6.80. The lowest BCUT2D eigenvalue weighted by molar-refractivity contribution is -0.157. The molecule has 0 saturated heterocycles. The number of para-hydroxylation sites is 1. The summed E-state index contributed by atoms with van der Waals surface area (Å²) >= 11 is 0. The molecule has 0 aliphatic carbocycles. The molecule has 9 heteroatoms. The molecule has 2 aromatic rings. The largest absolute Gasteiger partial charge is 0.478 e. The highest BCUT2D eigenvalue weighted by Crippen LogP contribution is 2.46. The Labute approximate surface area is 132 Å². The zero-order valence-corrected chi connectivity index (χ0v) is 11.9. The van der Waals surface area contributed by atoms with Gasteiger partial charge in [-0.05, 0) is 12.1 Å². The van der Waals surface area contributed by atoms with Crippen LogP contribution in [0.4, 0.5) is 23.2 Å². The Morgan fingerprint density at radius 1 is 1.29 bits per heavy atom. The standard InChI is InChI=1S/C15H10F4N2O3/c16-9-3-1-2-4-10(9)21-6-7(14(23)24)12-13(21)8(15(17,18)19)5-11(22)20-12/h1-4,6,8H,5H2,(H,20,22)(H,23,24)/t8-/m0/s1. The number of amides is 1. The van der Waals surface area contributed by atoms with E-state index in [1.165, 1.54) is 18.2 Å². The summed E-state index contributed by atoms with van der Waals surface area (Å²) in [6.45, 7) is 0. The number of carboxylic acids is 1. The van der Waals surface area contributed by atoms with E-state index in [1.807, 2.05) is 0 Å². The normalized spacial score (nSPS) is 17.3. The number of anilines is 1. The number of carboxylic acid groups (broad SMARTS) is 1. The fraction of sp³-hybridized carbons (Fsp3) is 0.200. The summed E-state index contributed by atoms with van der Waals surface area (Å²) in [6.07, 6.45) is -4.80. The fourth-order valence-corrected chi connectivity index (χ4v) is 2.75. The first-order valence-corrected chi connectivity index (χ1v) is 6.80. The SMILES string of the molecule is O=C1C[C@H](C(F)(F)F)c2c(c(C(=O)O)cn2-c2ccccc2F)N1. The molecule has 0 fully saturated rings. The molecule has 0 radical (unpaired) electrons. The van der Waals surface area contributed by atoms with Crippen molar-refractivity contribution in [1.29, 1.82) is 0 Å². The van der Waals surface area contributed by atoms with E-state index in [0.717, 1.165) is 16.8 Å². The first-order chi connectivity index (χ1) is 11.2. The van der Waals surface area contributed by atoms with Crippen LogP contribution < -0.4 is 5.32 Å². The van der Waals surface area contributed by atoms with E-state index in [9.17, 15) is 32.3 Å². The number of hydrogen-bond donors (Lipinski definition) is 2. The topological polar surface area (TPSA) is 71.3 Å². The fourth-order valence-electron chi connectivity index (χ4n) is 2.75. The third-order valence-corrected chi connectivity index (χ3v) is 3.76. The van der Waals surface area contributed by atoms with Gasteiger partial charge >= 0.3 is 12.1 Å². The molecule has 126 valence electrons. The van der Waals surface area contributed by atoms with Crippen molar-refractivity contribution in [2.24, 2.45) is 0 Å². The number of aromatic carboxylic acids is 1. The number of alkyl halides is 3. The Morgan fingerprint density at radius 3 is 2.54 bits per heavy atom. The van der Waals surface area contributed by atoms with Gasteiger partial charge in [0.05, 0.1) is 17.1 Å². The number of benzene rings is 1. The van der Waals surface area contributed by atoms with Crippen LogP contribution in [-0.4, -0.2) is 27.7 Å². The summed E-state index contributed by atoms with van der Waals surface area (Å²) in [5, 5.41) is 11.4. The Kier molecular flexibility index (Phi) is 3.58. The zero-order valence-electron chi connectivity index (χ0n) is 11.9. The number of aromatic nitrogens is 1. The van der Waals surface area contributed by atoms with Crippen LogP contribution in [0.15, 0.2) is 30.5 Å². The van der Waals surface area contributed by atoms with E-state index in [2.05, 4.69) is 5.32 Å². The van der Waals surface area contributed by atoms with E-state index in [0.29, 0.717) is 0 Å². The summed E-state index contributed by atoms with van der Waals surface area (Å²) in [5.41, 5.74) is -1.71. The smallest absolute Gasteiger partial charge is 0.397 e. The molecule has 2 heterocycles. The van der Waals surface area contributed by atoms with Gasteiger partial charge in [0.1, 0.15) is 17.3 Å². The Morgan fingerprint density at radius 2 is 1.96 bits per heavy atom. The third-order valence-electron chi connectivity index (χ3n) is 3.76. The molecule has 1 atom stereocenters. The van der Waals surface area contributed by atoms with Gasteiger partial charge in [-0.15, -0.1) is 0 Å². The number of fused-ring (bicyclic) bond motifs is 1. The molecule has 1 aliphatic heterocycles. The minimum absolute atomic E-state index is 0.230. The van der Waals surface area contributed by atoms with Gasteiger partial charge in [0.2, 0.25) is 5.91 Å². The Hall–Kier alpha value is -2.84. The van der Waals surface area contributed by atoms with E-state index in [1.54, 1.807) is 0 Å². The molecule has 1 aromatic heterocycles. The molecular formula is C15H10F4N2O3. The van der Waals surface area contributed by atoms with Crippen LogP contribution in [0, 0.1) is 5.82 Å². The first kappa shape index (κ1) is 16.0. The quantitative estimate of drug-likeness (QED) is 0.823. The minimum Gasteiger partial charge on any atom is -0.478 e. The molecule has 3 rings (SSSR count). The predicted molar refractivity (Wildman–Crippen MR) is 74.7 cm³/mol. The molecule has 5 nitrogen and oxygen atoms in total. The minimum atomic E-state index is -4.79. The highest BCUT2D eigenvalue weighted by molar-refractivity contribution is 6.03. The number of carbonyl (C=O) groups excluding carboxylic acids is 1. The lowest BCUT2D eigenvalue weighted by Crippen LogP contribution is -2.33. The van der Waals surface area contributed by atoms with Crippen molar-refractivity contribution in [3.8, 4) is 5.69 Å². The van der Waals surface area contributed by atoms with Crippen LogP contribution in [0.2, 0.25) is 0 Å². The molecule has 0 saturated carbocycles. The van der Waals surface area contributed by atoms with Crippen LogP contribution in [0.3, 0.4) is 0 Å². The Balaban J connectivity index is 2.33. The number of rotatable bonds is 2. The van der Waals surface area contributed by atoms with E-state index < -0.39 is 53.2 Å². The van der Waals surface area contributed by atoms with Crippen molar-refractivity contribution < 1.29 is 32.3 Å². The maximum Gasteiger partial charge on any atom is 0.397 e. The van der Waals surface area contributed by atoms with Gasteiger partial charge in [-0.25, -0.2) is 9.18 Å². The van der Waals surface area contributed by atoms with Gasteiger partial charge < -0.3 is 15.0 Å². The van der Waals surface area contributed by atoms with Crippen molar-refractivity contribution in [3.05, 3.63) is 47.5 Å². The maximum atomic E-state index is 14.0. The highest BCUT2D eigenvalue weighted by atomic mass is 19.4. The molecule has 2 N–H and O–H groups in total. The average Bonchev–Trinajstić information content (AvgIpc) is 2.85. The van der Waals surface area contributed by atoms with Crippen LogP contribution in [0.5, 0.6) is 0 Å². The predicted octanol–water partition coefficient (Wildman–Crippen LogP) is 3.30. The summed E-state index contributed by atoms with van der Waals surface area (Å²) < 4.78 is 55.0. The molecular weight excluding hydrogens is 332 g/mol. The van der Waals surface area contributed by atoms with Gasteiger partial charge in [0.15, 0.2) is 0 Å². The van der Waals surface area contributed by atoms with Crippen LogP contribution in [0.1, 0.15) is 28.4 Å². The average molecular weight is 342 g/mol. The van der Waals surface area contributed by atoms with Crippen molar-refractivity contribution in [2.45, 2.75) is 18.5 Å².